The van der Waals surface area contributed by atoms with Crippen LogP contribution in [0.2, 0.25) is 0 Å². The average Bonchev–Trinajstić information content (AvgIpc) is 3.04. The van der Waals surface area contributed by atoms with Crippen LogP contribution < -0.4 is 5.32 Å². The molecule has 4 rings (SSSR count). The number of fused-ring (bicyclic) bond motifs is 1. The first-order chi connectivity index (χ1) is 14.0. The largest absolute Gasteiger partial charge is 0.312 e. The van der Waals surface area contributed by atoms with Gasteiger partial charge in [-0.15, -0.1) is 11.3 Å². The number of amides is 1. The number of carbonyl (C=O) groups excluding carboxylic acids is 1. The molecular weight excluding hydrogens is 378 g/mol. The fourth-order valence-electron chi connectivity index (χ4n) is 3.88. The van der Waals surface area contributed by atoms with Gasteiger partial charge in [0.2, 0.25) is 0 Å². The van der Waals surface area contributed by atoms with E-state index in [-0.39, 0.29) is 5.91 Å². The van der Waals surface area contributed by atoms with E-state index in [9.17, 15) is 10.1 Å². The van der Waals surface area contributed by atoms with Gasteiger partial charge < -0.3 is 5.32 Å². The number of nitrogens with zero attached hydrogens (tertiary/aromatic N) is 2. The Morgan fingerprint density at radius 3 is 2.72 bits per heavy atom. The molecule has 29 heavy (non-hydrogen) atoms. The summed E-state index contributed by atoms with van der Waals surface area (Å²) in [6.07, 6.45) is 0.834. The molecule has 0 aliphatic carbocycles. The summed E-state index contributed by atoms with van der Waals surface area (Å²) in [6.45, 7) is 6.57. The van der Waals surface area contributed by atoms with Crippen molar-refractivity contribution < 1.29 is 4.79 Å². The summed E-state index contributed by atoms with van der Waals surface area (Å²) in [5.41, 5.74) is 5.73. The van der Waals surface area contributed by atoms with Crippen molar-refractivity contribution in [2.45, 2.75) is 33.4 Å². The zero-order chi connectivity index (χ0) is 20.4. The molecule has 1 aliphatic rings. The molecule has 0 saturated carbocycles. The topological polar surface area (TPSA) is 56.1 Å². The molecule has 4 nitrogen and oxygen atoms in total. The lowest BCUT2D eigenvalue weighted by Gasteiger charge is -2.26. The van der Waals surface area contributed by atoms with Gasteiger partial charge in [0.25, 0.3) is 5.91 Å². The summed E-state index contributed by atoms with van der Waals surface area (Å²) in [5, 5.41) is 13.4. The number of aryl methyl sites for hydroxylation is 2. The first-order valence-corrected chi connectivity index (χ1v) is 10.6. The number of carbonyl (C=O) groups is 1. The van der Waals surface area contributed by atoms with Crippen molar-refractivity contribution in [1.82, 2.24) is 4.90 Å². The zero-order valence-corrected chi connectivity index (χ0v) is 17.5. The number of hydrogen-bond donors (Lipinski definition) is 1. The Bertz CT molecular complexity index is 1100. The molecule has 1 amide bonds. The molecule has 0 atom stereocenters. The molecule has 2 heterocycles. The van der Waals surface area contributed by atoms with Gasteiger partial charge in [0.05, 0.1) is 5.56 Å². The number of hydrogen-bond acceptors (Lipinski definition) is 4. The average molecular weight is 402 g/mol. The molecule has 0 saturated heterocycles. The highest BCUT2D eigenvalue weighted by atomic mass is 32.1. The molecule has 1 N–H and O–H groups in total. The number of nitrogens with one attached hydrogen (secondary N) is 1. The maximum atomic E-state index is 12.8. The Hall–Kier alpha value is -2.94. The van der Waals surface area contributed by atoms with Gasteiger partial charge in [-0.2, -0.15) is 5.26 Å². The van der Waals surface area contributed by atoms with Crippen LogP contribution in [0.3, 0.4) is 0 Å². The Morgan fingerprint density at radius 1 is 1.21 bits per heavy atom. The van der Waals surface area contributed by atoms with E-state index in [2.05, 4.69) is 40.6 Å². The molecule has 0 bridgehead atoms. The van der Waals surface area contributed by atoms with Gasteiger partial charge in [0, 0.05) is 30.1 Å². The number of thiophene rings is 1. The molecule has 1 aliphatic heterocycles. The van der Waals surface area contributed by atoms with E-state index in [1.54, 1.807) is 0 Å². The van der Waals surface area contributed by atoms with E-state index < -0.39 is 0 Å². The molecule has 5 heteroatoms. The molecule has 2 aromatic carbocycles. The summed E-state index contributed by atoms with van der Waals surface area (Å²) in [5.74, 6) is -0.154. The first kappa shape index (κ1) is 19.4. The minimum Gasteiger partial charge on any atom is -0.312 e. The van der Waals surface area contributed by atoms with Crippen LogP contribution in [0.25, 0.3) is 0 Å². The number of benzene rings is 2. The minimum absolute atomic E-state index is 0.154. The standard InChI is InChI=1S/C24H23N3OS/c1-16-8-9-19(17(2)12-16)23(28)26-24-21(13-25)20-10-11-27(15-22(20)29-24)14-18-6-4-3-5-7-18/h3-9,12H,10-11,14-15H2,1-2H3,(H,26,28). The summed E-state index contributed by atoms with van der Waals surface area (Å²) < 4.78 is 0. The Kier molecular flexibility index (Phi) is 5.48. The van der Waals surface area contributed by atoms with Crippen LogP contribution in [0.15, 0.2) is 48.5 Å². The predicted octanol–water partition coefficient (Wildman–Crippen LogP) is 5.05. The van der Waals surface area contributed by atoms with Crippen LogP contribution in [0.4, 0.5) is 5.00 Å². The van der Waals surface area contributed by atoms with Crippen molar-refractivity contribution >= 4 is 22.2 Å². The number of nitriles is 1. The zero-order valence-electron chi connectivity index (χ0n) is 16.7. The Morgan fingerprint density at radius 2 is 2.00 bits per heavy atom. The Labute approximate surface area is 175 Å². The van der Waals surface area contributed by atoms with Crippen molar-refractivity contribution in [3.05, 3.63) is 86.8 Å². The van der Waals surface area contributed by atoms with Gasteiger partial charge in [0.1, 0.15) is 11.1 Å². The smallest absolute Gasteiger partial charge is 0.256 e. The quantitative estimate of drug-likeness (QED) is 0.666. The summed E-state index contributed by atoms with van der Waals surface area (Å²) in [7, 11) is 0. The Balaban J connectivity index is 1.54. The maximum Gasteiger partial charge on any atom is 0.256 e. The van der Waals surface area contributed by atoms with Crippen LogP contribution in [0.1, 0.15) is 43.1 Å². The molecule has 1 aromatic heterocycles. The van der Waals surface area contributed by atoms with Crippen LogP contribution in [-0.4, -0.2) is 17.4 Å². The van der Waals surface area contributed by atoms with E-state index in [0.29, 0.717) is 16.1 Å². The monoisotopic (exact) mass is 401 g/mol. The van der Waals surface area contributed by atoms with Crippen molar-refractivity contribution in [2.75, 3.05) is 11.9 Å². The summed E-state index contributed by atoms with van der Waals surface area (Å²) in [6, 6.07) is 18.5. The van der Waals surface area contributed by atoms with Crippen molar-refractivity contribution in [3.8, 4) is 6.07 Å². The second-order valence-corrected chi connectivity index (χ2v) is 8.64. The normalized spacial score (nSPS) is 13.6. The third kappa shape index (κ3) is 4.09. The van der Waals surface area contributed by atoms with Gasteiger partial charge >= 0.3 is 0 Å². The van der Waals surface area contributed by atoms with Crippen LogP contribution in [0.5, 0.6) is 0 Å². The van der Waals surface area contributed by atoms with Gasteiger partial charge in [-0.25, -0.2) is 0 Å². The van der Waals surface area contributed by atoms with E-state index >= 15 is 0 Å². The second kappa shape index (κ2) is 8.20. The van der Waals surface area contributed by atoms with E-state index in [1.807, 2.05) is 38.1 Å². The lowest BCUT2D eigenvalue weighted by molar-refractivity contribution is 0.102. The van der Waals surface area contributed by atoms with Crippen LogP contribution in [0, 0.1) is 25.2 Å². The van der Waals surface area contributed by atoms with E-state index in [0.717, 1.165) is 42.7 Å². The third-order valence-corrected chi connectivity index (χ3v) is 6.48. The molecule has 0 radical (unpaired) electrons. The molecule has 0 spiro atoms. The van der Waals surface area contributed by atoms with Crippen molar-refractivity contribution in [2.24, 2.45) is 0 Å². The SMILES string of the molecule is Cc1ccc(C(=O)Nc2sc3c(c2C#N)CCN(Cc2ccccc2)C3)c(C)c1. The van der Waals surface area contributed by atoms with Gasteiger partial charge in [-0.1, -0.05) is 48.0 Å². The first-order valence-electron chi connectivity index (χ1n) is 9.74. The molecule has 146 valence electrons. The molecule has 3 aromatic rings. The number of anilines is 1. The fourth-order valence-corrected chi connectivity index (χ4v) is 5.11. The van der Waals surface area contributed by atoms with Gasteiger partial charge in [0.15, 0.2) is 0 Å². The second-order valence-electron chi connectivity index (χ2n) is 7.54. The van der Waals surface area contributed by atoms with Crippen LogP contribution in [-0.2, 0) is 19.5 Å². The molecular formula is C24H23N3OS. The number of rotatable bonds is 4. The summed E-state index contributed by atoms with van der Waals surface area (Å²) in [4.78, 5) is 16.4. The van der Waals surface area contributed by atoms with E-state index in [4.69, 9.17) is 0 Å². The van der Waals surface area contributed by atoms with Gasteiger partial charge in [-0.05, 0) is 43.0 Å². The van der Waals surface area contributed by atoms with Crippen LogP contribution >= 0.6 is 11.3 Å². The molecule has 0 unspecified atom stereocenters. The van der Waals surface area contributed by atoms with Gasteiger partial charge in [-0.3, -0.25) is 9.69 Å². The fraction of sp³-hybridized carbons (Fsp3) is 0.250. The highest BCUT2D eigenvalue weighted by molar-refractivity contribution is 7.16. The highest BCUT2D eigenvalue weighted by Crippen LogP contribution is 2.37. The minimum atomic E-state index is -0.154. The lowest BCUT2D eigenvalue weighted by atomic mass is 10.0. The summed E-state index contributed by atoms with van der Waals surface area (Å²) >= 11 is 1.54. The van der Waals surface area contributed by atoms with Crippen molar-refractivity contribution in [1.29, 1.82) is 5.26 Å². The van der Waals surface area contributed by atoms with E-state index in [1.165, 1.54) is 21.8 Å². The third-order valence-electron chi connectivity index (χ3n) is 5.35. The lowest BCUT2D eigenvalue weighted by Crippen LogP contribution is -2.29. The molecule has 0 fully saturated rings. The highest BCUT2D eigenvalue weighted by Gasteiger charge is 2.25. The van der Waals surface area contributed by atoms with Crippen molar-refractivity contribution in [3.63, 3.8) is 0 Å². The predicted molar refractivity (Wildman–Crippen MR) is 117 cm³/mol. The maximum absolute atomic E-state index is 12.8.